The minimum atomic E-state index is -1.46. The summed E-state index contributed by atoms with van der Waals surface area (Å²) in [5.41, 5.74) is 1.40. The van der Waals surface area contributed by atoms with E-state index in [0.717, 1.165) is 18.0 Å². The summed E-state index contributed by atoms with van der Waals surface area (Å²) in [7, 11) is -1.25. The summed E-state index contributed by atoms with van der Waals surface area (Å²) >= 11 is 0. The molecular formula is C40H69NO10Si. The van der Waals surface area contributed by atoms with Gasteiger partial charge in [-0.1, -0.05) is 94.1 Å². The lowest BCUT2D eigenvalue weighted by atomic mass is 9.82. The quantitative estimate of drug-likeness (QED) is 0.192. The molecule has 4 rings (SSSR count). The third-order valence-corrected chi connectivity index (χ3v) is 13.2. The van der Waals surface area contributed by atoms with Gasteiger partial charge in [-0.25, -0.2) is 0 Å². The lowest BCUT2D eigenvalue weighted by Crippen LogP contribution is -2.66. The van der Waals surface area contributed by atoms with Gasteiger partial charge < -0.3 is 49.1 Å². The Labute approximate surface area is 313 Å². The lowest BCUT2D eigenvalue weighted by molar-refractivity contribution is -0.349. The SMILES string of the molecule is CCC1OC(O[C@@H]2C(CC)O[C@@H](OCC[Si](C)(C)C)C(C)C2C)C(C)C(O[C@@H]2OC(CO)[C@@H](O)C(O)C2NC(=O)c2ccc(C(C)(C)C)cc2)[C@H]1C. The van der Waals surface area contributed by atoms with Crippen LogP contribution in [0.4, 0.5) is 0 Å². The summed E-state index contributed by atoms with van der Waals surface area (Å²) in [6.45, 7) is 26.1. The van der Waals surface area contributed by atoms with Crippen molar-refractivity contribution in [3.63, 3.8) is 0 Å². The fourth-order valence-electron chi connectivity index (χ4n) is 7.63. The zero-order valence-corrected chi connectivity index (χ0v) is 34.7. The second-order valence-electron chi connectivity index (χ2n) is 17.8. The van der Waals surface area contributed by atoms with Crippen LogP contribution >= 0.6 is 0 Å². The van der Waals surface area contributed by atoms with E-state index in [0.29, 0.717) is 18.6 Å². The number of ether oxygens (including phenoxy) is 6. The van der Waals surface area contributed by atoms with Crippen molar-refractivity contribution in [2.75, 3.05) is 13.2 Å². The van der Waals surface area contributed by atoms with Gasteiger partial charge in [0.1, 0.15) is 24.4 Å². The molecule has 10 unspecified atom stereocenters. The molecular weight excluding hydrogens is 683 g/mol. The number of rotatable bonds is 13. The molecule has 298 valence electrons. The molecule has 52 heavy (non-hydrogen) atoms. The Morgan fingerprint density at radius 2 is 1.35 bits per heavy atom. The molecule has 0 bridgehead atoms. The summed E-state index contributed by atoms with van der Waals surface area (Å²) in [6.07, 6.45) is -5.74. The van der Waals surface area contributed by atoms with Crippen LogP contribution in [0.1, 0.15) is 91.1 Å². The minimum absolute atomic E-state index is 0.0819. The summed E-state index contributed by atoms with van der Waals surface area (Å²) in [5.74, 6) is -0.595. The molecule has 3 aliphatic heterocycles. The standard InChI is InChI=1S/C40H69NO10Si/c1-13-28-24(5)34(25(6)38(47-28)51-35-22(3)23(4)37(48-29(35)14-2)46-19-20-52(10,11)12)50-39-31(33(44)32(43)30(21-42)49-39)41-36(45)26-15-17-27(18-16-26)40(7,8)9/h15-18,22-25,28-35,37-39,42-44H,13-14,19-21H2,1-12H3,(H,41,45)/t22?,23?,24-,25?,28?,29?,30?,31?,32+,33?,34?,35-,37+,38?,39-/m0/s1. The van der Waals surface area contributed by atoms with Crippen molar-refractivity contribution >= 4 is 14.0 Å². The van der Waals surface area contributed by atoms with Crippen LogP contribution in [0.15, 0.2) is 24.3 Å². The smallest absolute Gasteiger partial charge is 0.251 e. The number of hydrogen-bond acceptors (Lipinski definition) is 10. The van der Waals surface area contributed by atoms with Gasteiger partial charge in [-0.2, -0.15) is 0 Å². The average Bonchev–Trinajstić information content (AvgIpc) is 3.09. The Morgan fingerprint density at radius 1 is 0.769 bits per heavy atom. The average molecular weight is 752 g/mol. The number of hydrogen-bond donors (Lipinski definition) is 4. The largest absolute Gasteiger partial charge is 0.394 e. The van der Waals surface area contributed by atoms with Crippen molar-refractivity contribution < 1.29 is 48.5 Å². The maximum atomic E-state index is 13.5. The van der Waals surface area contributed by atoms with E-state index in [1.54, 1.807) is 12.1 Å². The second kappa shape index (κ2) is 18.0. The van der Waals surface area contributed by atoms with E-state index in [2.05, 4.69) is 80.3 Å². The first-order valence-corrected chi connectivity index (χ1v) is 23.3. The second-order valence-corrected chi connectivity index (χ2v) is 23.4. The molecule has 11 nitrogen and oxygen atoms in total. The molecule has 1 amide bonds. The van der Waals surface area contributed by atoms with E-state index >= 15 is 0 Å². The van der Waals surface area contributed by atoms with Gasteiger partial charge in [0.25, 0.3) is 5.91 Å². The highest BCUT2D eigenvalue weighted by Gasteiger charge is 2.51. The maximum Gasteiger partial charge on any atom is 0.251 e. The van der Waals surface area contributed by atoms with Crippen LogP contribution in [-0.4, -0.2) is 110 Å². The van der Waals surface area contributed by atoms with Crippen molar-refractivity contribution in [2.24, 2.45) is 23.7 Å². The highest BCUT2D eigenvalue weighted by Crippen LogP contribution is 2.41. The Morgan fingerprint density at radius 3 is 1.90 bits per heavy atom. The van der Waals surface area contributed by atoms with Crippen molar-refractivity contribution in [1.82, 2.24) is 5.32 Å². The van der Waals surface area contributed by atoms with Crippen molar-refractivity contribution in [3.05, 3.63) is 35.4 Å². The first kappa shape index (κ1) is 43.3. The highest BCUT2D eigenvalue weighted by molar-refractivity contribution is 6.76. The van der Waals surface area contributed by atoms with E-state index in [1.807, 2.05) is 19.1 Å². The van der Waals surface area contributed by atoms with Gasteiger partial charge in [0, 0.05) is 38.0 Å². The van der Waals surface area contributed by atoms with Crippen LogP contribution in [0, 0.1) is 23.7 Å². The van der Waals surface area contributed by atoms with E-state index < -0.39 is 63.6 Å². The Balaban J connectivity index is 1.53. The Kier molecular flexibility index (Phi) is 15.0. The Bertz CT molecular complexity index is 1270. The van der Waals surface area contributed by atoms with Crippen LogP contribution in [0.25, 0.3) is 0 Å². The molecule has 1 aromatic rings. The fourth-order valence-corrected chi connectivity index (χ4v) is 8.36. The molecule has 1 aromatic carbocycles. The van der Waals surface area contributed by atoms with Crippen molar-refractivity contribution in [2.45, 2.75) is 174 Å². The third-order valence-electron chi connectivity index (χ3n) is 11.5. The van der Waals surface area contributed by atoms with Crippen molar-refractivity contribution in [1.29, 1.82) is 0 Å². The monoisotopic (exact) mass is 751 g/mol. The number of amides is 1. The maximum absolute atomic E-state index is 13.5. The van der Waals surface area contributed by atoms with Gasteiger partial charge in [-0.05, 0) is 47.9 Å². The molecule has 3 aliphatic rings. The normalized spacial score (nSPS) is 38.9. The van der Waals surface area contributed by atoms with Crippen LogP contribution in [0.2, 0.25) is 25.7 Å². The van der Waals surface area contributed by atoms with E-state index in [1.165, 1.54) is 0 Å². The van der Waals surface area contributed by atoms with Crippen LogP contribution in [0.5, 0.6) is 0 Å². The molecule has 0 radical (unpaired) electrons. The zero-order valence-electron chi connectivity index (χ0n) is 33.7. The Hall–Kier alpha value is -1.45. The molecule has 12 heteroatoms. The minimum Gasteiger partial charge on any atom is -0.394 e. The van der Waals surface area contributed by atoms with Gasteiger partial charge in [0.2, 0.25) is 0 Å². The molecule has 0 saturated carbocycles. The summed E-state index contributed by atoms with van der Waals surface area (Å²) in [5, 5.41) is 35.1. The lowest BCUT2D eigenvalue weighted by Gasteiger charge is -2.51. The molecule has 0 aromatic heterocycles. The first-order valence-electron chi connectivity index (χ1n) is 19.6. The molecule has 4 N–H and O–H groups in total. The topological polar surface area (TPSA) is 145 Å². The fraction of sp³-hybridized carbons (Fsp3) is 0.825. The molecule has 0 spiro atoms. The van der Waals surface area contributed by atoms with Crippen molar-refractivity contribution in [3.8, 4) is 0 Å². The van der Waals surface area contributed by atoms with Gasteiger partial charge in [0.15, 0.2) is 18.9 Å². The zero-order chi connectivity index (χ0) is 38.7. The summed E-state index contributed by atoms with van der Waals surface area (Å²) < 4.78 is 39.2. The number of carbonyl (C=O) groups is 1. The molecule has 3 fully saturated rings. The molecule has 3 saturated heterocycles. The number of aliphatic hydroxyl groups is 3. The van der Waals surface area contributed by atoms with Gasteiger partial charge >= 0.3 is 0 Å². The predicted octanol–water partition coefficient (Wildman–Crippen LogP) is 5.46. The molecule has 3 heterocycles. The van der Waals surface area contributed by atoms with Crippen LogP contribution in [0.3, 0.4) is 0 Å². The van der Waals surface area contributed by atoms with E-state index in [4.69, 9.17) is 28.4 Å². The van der Waals surface area contributed by atoms with E-state index in [-0.39, 0.29) is 53.7 Å². The third kappa shape index (κ3) is 10.2. The number of aliphatic hydroxyl groups excluding tert-OH is 3. The molecule has 0 aliphatic carbocycles. The van der Waals surface area contributed by atoms with Gasteiger partial charge in [0.05, 0.1) is 31.0 Å². The number of nitrogens with one attached hydrogen (secondary N) is 1. The van der Waals surface area contributed by atoms with Gasteiger partial charge in [-0.3, -0.25) is 4.79 Å². The molecule has 15 atom stereocenters. The van der Waals surface area contributed by atoms with Gasteiger partial charge in [-0.15, -0.1) is 0 Å². The predicted molar refractivity (Wildman–Crippen MR) is 203 cm³/mol. The highest BCUT2D eigenvalue weighted by atomic mass is 28.3. The van der Waals surface area contributed by atoms with Crippen LogP contribution in [-0.2, 0) is 33.8 Å². The number of carbonyl (C=O) groups excluding carboxylic acids is 1. The van der Waals surface area contributed by atoms with E-state index in [9.17, 15) is 20.1 Å². The summed E-state index contributed by atoms with van der Waals surface area (Å²) in [6, 6.07) is 7.26. The van der Waals surface area contributed by atoms with Crippen LogP contribution < -0.4 is 5.32 Å². The summed E-state index contributed by atoms with van der Waals surface area (Å²) in [4.78, 5) is 13.5. The first-order chi connectivity index (χ1) is 24.3. The number of benzene rings is 1.